The summed E-state index contributed by atoms with van der Waals surface area (Å²) in [5, 5.41) is 5.10. The summed E-state index contributed by atoms with van der Waals surface area (Å²) in [5.41, 5.74) is -0.449. The van der Waals surface area contributed by atoms with Crippen molar-refractivity contribution in [3.63, 3.8) is 0 Å². The summed E-state index contributed by atoms with van der Waals surface area (Å²) in [6.45, 7) is 2.07. The Bertz CT molecular complexity index is 841. The van der Waals surface area contributed by atoms with Crippen molar-refractivity contribution in [2.45, 2.75) is 6.18 Å². The number of methoxy groups -OCH3 is 1. The number of hydrogen-bond acceptors (Lipinski definition) is 7. The molecule has 1 aromatic carbocycles. The first-order chi connectivity index (χ1) is 13.3. The van der Waals surface area contributed by atoms with Crippen LogP contribution in [0.3, 0.4) is 0 Å². The second-order valence-electron chi connectivity index (χ2n) is 5.91. The van der Waals surface area contributed by atoms with Crippen molar-refractivity contribution in [1.29, 1.82) is 0 Å². The van der Waals surface area contributed by atoms with Crippen molar-refractivity contribution in [3.8, 4) is 5.75 Å². The summed E-state index contributed by atoms with van der Waals surface area (Å²) < 4.78 is 64.3. The van der Waals surface area contributed by atoms with Crippen LogP contribution in [0, 0.1) is 5.82 Å². The molecule has 1 fully saturated rings. The normalized spacial score (nSPS) is 14.7. The van der Waals surface area contributed by atoms with Crippen LogP contribution in [-0.2, 0) is 10.9 Å². The molecule has 1 aliphatic rings. The first-order valence-electron chi connectivity index (χ1n) is 8.43. The number of alkyl halides is 3. The summed E-state index contributed by atoms with van der Waals surface area (Å²) in [6.07, 6.45) is -3.94. The van der Waals surface area contributed by atoms with Crippen molar-refractivity contribution in [2.75, 3.05) is 56.0 Å². The third-order valence-corrected chi connectivity index (χ3v) is 4.21. The van der Waals surface area contributed by atoms with Gasteiger partial charge in [0.2, 0.25) is 5.95 Å². The number of nitrogens with one attached hydrogen (secondary N) is 2. The van der Waals surface area contributed by atoms with E-state index in [0.717, 1.165) is 0 Å². The standard InChI is InChI=1S/C17H19F4N5O2/c1-22-15-10(17(19,20)21)9-23-16(25-15)24-11-3-4-12(13(18)14(11)27-2)26-5-7-28-8-6-26/h3-4,9H,5-8H2,1-2H3,(H2,22,23,24,25). The van der Waals surface area contributed by atoms with Crippen LogP contribution < -0.4 is 20.3 Å². The molecule has 2 N–H and O–H groups in total. The second kappa shape index (κ2) is 8.05. The van der Waals surface area contributed by atoms with Crippen LogP contribution in [0.5, 0.6) is 5.75 Å². The van der Waals surface area contributed by atoms with Gasteiger partial charge in [-0.1, -0.05) is 0 Å². The monoisotopic (exact) mass is 401 g/mol. The van der Waals surface area contributed by atoms with E-state index in [4.69, 9.17) is 9.47 Å². The minimum atomic E-state index is -4.60. The highest BCUT2D eigenvalue weighted by Gasteiger charge is 2.35. The number of benzene rings is 1. The molecule has 0 radical (unpaired) electrons. The van der Waals surface area contributed by atoms with Crippen LogP contribution in [0.4, 0.5) is 40.7 Å². The van der Waals surface area contributed by atoms with Gasteiger partial charge in [-0.25, -0.2) is 9.37 Å². The minimum absolute atomic E-state index is 0.0847. The van der Waals surface area contributed by atoms with Crippen molar-refractivity contribution >= 4 is 23.1 Å². The van der Waals surface area contributed by atoms with E-state index in [2.05, 4.69) is 20.6 Å². The molecule has 1 aromatic heterocycles. The SMILES string of the molecule is CNc1nc(Nc2ccc(N3CCOCC3)c(F)c2OC)ncc1C(F)(F)F. The quantitative estimate of drug-likeness (QED) is 0.745. The fourth-order valence-electron chi connectivity index (χ4n) is 2.85. The van der Waals surface area contributed by atoms with E-state index in [1.807, 2.05) is 4.90 Å². The summed E-state index contributed by atoms with van der Waals surface area (Å²) in [6, 6.07) is 3.13. The van der Waals surface area contributed by atoms with Gasteiger partial charge in [0.1, 0.15) is 11.4 Å². The lowest BCUT2D eigenvalue weighted by molar-refractivity contribution is -0.137. The van der Waals surface area contributed by atoms with Crippen LogP contribution in [0.1, 0.15) is 5.56 Å². The van der Waals surface area contributed by atoms with Crippen molar-refractivity contribution in [1.82, 2.24) is 9.97 Å². The second-order valence-corrected chi connectivity index (χ2v) is 5.91. The minimum Gasteiger partial charge on any atom is -0.492 e. The zero-order chi connectivity index (χ0) is 20.3. The van der Waals surface area contributed by atoms with Gasteiger partial charge in [-0.3, -0.25) is 0 Å². The zero-order valence-corrected chi connectivity index (χ0v) is 15.2. The number of halogens is 4. The molecule has 0 bridgehead atoms. The molecule has 0 amide bonds. The number of nitrogens with zero attached hydrogens (tertiary/aromatic N) is 3. The van der Waals surface area contributed by atoms with E-state index in [0.29, 0.717) is 38.2 Å². The third-order valence-electron chi connectivity index (χ3n) is 4.21. The molecule has 1 saturated heterocycles. The summed E-state index contributed by atoms with van der Waals surface area (Å²) in [7, 11) is 2.62. The number of morpholine rings is 1. The zero-order valence-electron chi connectivity index (χ0n) is 15.2. The van der Waals surface area contributed by atoms with Gasteiger partial charge < -0.3 is 25.0 Å². The molecular formula is C17H19F4N5O2. The molecule has 7 nitrogen and oxygen atoms in total. The highest BCUT2D eigenvalue weighted by atomic mass is 19.4. The average Bonchev–Trinajstić information content (AvgIpc) is 2.68. The average molecular weight is 401 g/mol. The Kier molecular flexibility index (Phi) is 5.73. The molecule has 2 aromatic rings. The molecule has 0 saturated carbocycles. The lowest BCUT2D eigenvalue weighted by Crippen LogP contribution is -2.36. The Morgan fingerprint density at radius 1 is 1.21 bits per heavy atom. The molecule has 0 atom stereocenters. The van der Waals surface area contributed by atoms with Gasteiger partial charge in [0, 0.05) is 26.3 Å². The van der Waals surface area contributed by atoms with E-state index in [1.54, 1.807) is 12.1 Å². The molecule has 0 spiro atoms. The molecular weight excluding hydrogens is 382 g/mol. The topological polar surface area (TPSA) is 71.5 Å². The van der Waals surface area contributed by atoms with Gasteiger partial charge in [0.25, 0.3) is 0 Å². The van der Waals surface area contributed by atoms with Crippen LogP contribution in [0.15, 0.2) is 18.3 Å². The molecule has 2 heterocycles. The van der Waals surface area contributed by atoms with E-state index in [9.17, 15) is 17.6 Å². The van der Waals surface area contributed by atoms with Crippen LogP contribution >= 0.6 is 0 Å². The van der Waals surface area contributed by atoms with Crippen LogP contribution in [0.25, 0.3) is 0 Å². The van der Waals surface area contributed by atoms with E-state index < -0.39 is 23.4 Å². The summed E-state index contributed by atoms with van der Waals surface area (Å²) in [4.78, 5) is 9.32. The Balaban J connectivity index is 1.91. The fraction of sp³-hybridized carbons (Fsp3) is 0.412. The molecule has 1 aliphatic heterocycles. The van der Waals surface area contributed by atoms with Crippen molar-refractivity contribution in [2.24, 2.45) is 0 Å². The van der Waals surface area contributed by atoms with Gasteiger partial charge >= 0.3 is 6.18 Å². The third kappa shape index (κ3) is 4.03. The number of hydrogen-bond donors (Lipinski definition) is 2. The summed E-state index contributed by atoms with van der Waals surface area (Å²) >= 11 is 0. The molecule has 28 heavy (non-hydrogen) atoms. The van der Waals surface area contributed by atoms with Crippen LogP contribution in [-0.4, -0.2) is 50.4 Å². The largest absolute Gasteiger partial charge is 0.492 e. The van der Waals surface area contributed by atoms with E-state index >= 15 is 0 Å². The highest BCUT2D eigenvalue weighted by molar-refractivity contribution is 5.69. The van der Waals surface area contributed by atoms with E-state index in [-0.39, 0.29) is 17.4 Å². The van der Waals surface area contributed by atoms with Gasteiger partial charge in [-0.15, -0.1) is 0 Å². The Labute approximate surface area is 158 Å². The Hall–Kier alpha value is -2.82. The van der Waals surface area contributed by atoms with Gasteiger partial charge in [0.05, 0.1) is 31.7 Å². The van der Waals surface area contributed by atoms with Gasteiger partial charge in [0.15, 0.2) is 11.6 Å². The number of anilines is 4. The first kappa shape index (κ1) is 19.9. The molecule has 0 unspecified atom stereocenters. The van der Waals surface area contributed by atoms with Crippen molar-refractivity contribution in [3.05, 3.63) is 29.7 Å². The summed E-state index contributed by atoms with van der Waals surface area (Å²) in [5.74, 6) is -1.20. The van der Waals surface area contributed by atoms with Crippen molar-refractivity contribution < 1.29 is 27.0 Å². The highest BCUT2D eigenvalue weighted by Crippen LogP contribution is 2.37. The van der Waals surface area contributed by atoms with Gasteiger partial charge in [-0.05, 0) is 12.1 Å². The number of ether oxygens (including phenoxy) is 2. The number of aromatic nitrogens is 2. The maximum atomic E-state index is 14.9. The molecule has 3 rings (SSSR count). The maximum Gasteiger partial charge on any atom is 0.421 e. The van der Waals surface area contributed by atoms with E-state index in [1.165, 1.54) is 14.2 Å². The Morgan fingerprint density at radius 2 is 1.93 bits per heavy atom. The Morgan fingerprint density at radius 3 is 2.54 bits per heavy atom. The number of rotatable bonds is 5. The maximum absolute atomic E-state index is 14.9. The predicted octanol–water partition coefficient (Wildman–Crippen LogP) is 3.27. The molecule has 152 valence electrons. The lowest BCUT2D eigenvalue weighted by Gasteiger charge is -2.29. The fourth-order valence-corrected chi connectivity index (χ4v) is 2.85. The lowest BCUT2D eigenvalue weighted by atomic mass is 10.2. The predicted molar refractivity (Wildman–Crippen MR) is 95.8 cm³/mol. The molecule has 0 aliphatic carbocycles. The molecule has 11 heteroatoms. The van der Waals surface area contributed by atoms with Gasteiger partial charge in [-0.2, -0.15) is 18.2 Å². The first-order valence-corrected chi connectivity index (χ1v) is 8.43. The smallest absolute Gasteiger partial charge is 0.421 e. The van der Waals surface area contributed by atoms with Crippen LogP contribution in [0.2, 0.25) is 0 Å².